The van der Waals surface area contributed by atoms with Gasteiger partial charge in [0.2, 0.25) is 0 Å². The summed E-state index contributed by atoms with van der Waals surface area (Å²) in [7, 11) is 0.579. The Morgan fingerprint density at radius 1 is 1.36 bits per heavy atom. The van der Waals surface area contributed by atoms with Crippen molar-refractivity contribution in [3.8, 4) is 0 Å². The van der Waals surface area contributed by atoms with Crippen molar-refractivity contribution in [1.82, 2.24) is 0 Å². The topological polar surface area (TPSA) is 79.2 Å². The van der Waals surface area contributed by atoms with Crippen LogP contribution in [0.3, 0.4) is 0 Å². The van der Waals surface area contributed by atoms with Gasteiger partial charge in [0.1, 0.15) is 0 Å². The molecule has 1 saturated heterocycles. The van der Waals surface area contributed by atoms with Gasteiger partial charge in [0, 0.05) is 0 Å². The Kier molecular flexibility index (Phi) is 6.91. The normalized spacial score (nSPS) is 20.6. The first kappa shape index (κ1) is 11.9. The summed E-state index contributed by atoms with van der Waals surface area (Å²) in [4.78, 5) is 27.3. The number of rotatable bonds is 0. The predicted molar refractivity (Wildman–Crippen MR) is 45.8 cm³/mol. The molecule has 0 radical (unpaired) electrons. The molecule has 3 N–H and O–H groups in total. The van der Waals surface area contributed by atoms with E-state index in [1.807, 2.05) is 0 Å². The smallest absolute Gasteiger partial charge is 0.319 e. The predicted octanol–water partition coefficient (Wildman–Crippen LogP) is 0.120. The van der Waals surface area contributed by atoms with Gasteiger partial charge in [0.15, 0.2) is 0 Å². The molecule has 0 aromatic rings. The summed E-state index contributed by atoms with van der Waals surface area (Å²) in [5, 5.41) is 0. The molecule has 68 valence electrons. The minimum absolute atomic E-state index is 0.579. The summed E-state index contributed by atoms with van der Waals surface area (Å²) in [5.41, 5.74) is 0. The van der Waals surface area contributed by atoms with Crippen molar-refractivity contribution in [1.29, 1.82) is 0 Å². The molecule has 1 unspecified atom stereocenters. The lowest BCUT2D eigenvalue weighted by Crippen LogP contribution is -1.98. The molecular formula is C3H10O5P2S. The lowest BCUT2D eigenvalue weighted by Gasteiger charge is -2.07. The van der Waals surface area contributed by atoms with Crippen LogP contribution >= 0.6 is 15.5 Å². The van der Waals surface area contributed by atoms with Gasteiger partial charge in [-0.15, -0.1) is 0 Å². The molecule has 1 aliphatic rings. The fourth-order valence-corrected chi connectivity index (χ4v) is 0.867. The third-order valence-corrected chi connectivity index (χ3v) is 1.42. The highest BCUT2D eigenvalue weighted by Gasteiger charge is 1.96. The summed E-state index contributed by atoms with van der Waals surface area (Å²) in [6.07, 6.45) is 2.35. The van der Waals surface area contributed by atoms with Crippen LogP contribution in [0.5, 0.6) is 0 Å². The van der Waals surface area contributed by atoms with Gasteiger partial charge in [-0.3, -0.25) is 0 Å². The first-order chi connectivity index (χ1) is 5.00. The molecule has 1 atom stereocenters. The SMILES string of the molecule is C1COOPC1.OP(O)(O)=S. The van der Waals surface area contributed by atoms with Crippen LogP contribution in [-0.4, -0.2) is 27.4 Å². The maximum Gasteiger partial charge on any atom is 0.319 e. The van der Waals surface area contributed by atoms with E-state index in [0.29, 0.717) is 8.81 Å². The second-order valence-corrected chi connectivity index (χ2v) is 5.12. The first-order valence-electron chi connectivity index (χ1n) is 2.80. The van der Waals surface area contributed by atoms with Crippen molar-refractivity contribution in [2.75, 3.05) is 12.8 Å². The van der Waals surface area contributed by atoms with Gasteiger partial charge in [-0.1, -0.05) is 0 Å². The molecule has 0 saturated carbocycles. The maximum atomic E-state index is 7.56. The lowest BCUT2D eigenvalue weighted by molar-refractivity contribution is -0.202. The minimum Gasteiger partial charge on any atom is -0.325 e. The fraction of sp³-hybridized carbons (Fsp3) is 1.00. The van der Waals surface area contributed by atoms with Gasteiger partial charge in [0.25, 0.3) is 0 Å². The van der Waals surface area contributed by atoms with E-state index in [0.717, 1.165) is 6.61 Å². The Morgan fingerprint density at radius 2 is 1.91 bits per heavy atom. The minimum atomic E-state index is -3.81. The largest absolute Gasteiger partial charge is 0.325 e. The zero-order valence-electron chi connectivity index (χ0n) is 5.63. The summed E-state index contributed by atoms with van der Waals surface area (Å²) in [6, 6.07) is 0. The highest BCUT2D eigenvalue weighted by atomic mass is 32.5. The van der Waals surface area contributed by atoms with Crippen molar-refractivity contribution in [2.24, 2.45) is 0 Å². The summed E-state index contributed by atoms with van der Waals surface area (Å²) < 4.78 is 4.60. The van der Waals surface area contributed by atoms with Crippen molar-refractivity contribution in [3.05, 3.63) is 0 Å². The second-order valence-electron chi connectivity index (χ2n) is 1.67. The molecule has 8 heteroatoms. The molecule has 0 amide bonds. The Balaban J connectivity index is 0.000000187. The van der Waals surface area contributed by atoms with E-state index in [1.165, 1.54) is 12.6 Å². The molecule has 0 bridgehead atoms. The van der Waals surface area contributed by atoms with Crippen LogP contribution in [0.2, 0.25) is 0 Å². The van der Waals surface area contributed by atoms with Crippen LogP contribution in [-0.2, 0) is 21.4 Å². The van der Waals surface area contributed by atoms with Crippen molar-refractivity contribution >= 4 is 27.3 Å². The van der Waals surface area contributed by atoms with Crippen LogP contribution in [0, 0.1) is 0 Å². The zero-order chi connectivity index (χ0) is 8.74. The van der Waals surface area contributed by atoms with Gasteiger partial charge in [-0.25, -0.2) is 9.56 Å². The van der Waals surface area contributed by atoms with Gasteiger partial charge in [0.05, 0.1) is 15.4 Å². The van der Waals surface area contributed by atoms with E-state index < -0.39 is 6.72 Å². The maximum absolute atomic E-state index is 7.56. The number of hydrogen-bond donors (Lipinski definition) is 3. The third-order valence-electron chi connectivity index (χ3n) is 0.624. The van der Waals surface area contributed by atoms with Gasteiger partial charge in [-0.2, -0.15) is 0 Å². The lowest BCUT2D eigenvalue weighted by atomic mass is 10.5. The molecule has 1 heterocycles. The van der Waals surface area contributed by atoms with E-state index in [9.17, 15) is 0 Å². The molecule has 0 aromatic carbocycles. The highest BCUT2D eigenvalue weighted by molar-refractivity contribution is 8.06. The second kappa shape index (κ2) is 6.40. The van der Waals surface area contributed by atoms with Crippen LogP contribution < -0.4 is 0 Å². The average molecular weight is 220 g/mol. The Labute approximate surface area is 71.4 Å². The van der Waals surface area contributed by atoms with Crippen molar-refractivity contribution in [3.63, 3.8) is 0 Å². The van der Waals surface area contributed by atoms with Gasteiger partial charge < -0.3 is 14.7 Å². The van der Waals surface area contributed by atoms with Crippen molar-refractivity contribution < 1.29 is 24.2 Å². The average Bonchev–Trinajstić information content (AvgIpc) is 1.88. The molecular weight excluding hydrogens is 210 g/mol. The number of hydrogen-bond acceptors (Lipinski definition) is 3. The molecule has 11 heavy (non-hydrogen) atoms. The van der Waals surface area contributed by atoms with Crippen LogP contribution in [0.4, 0.5) is 0 Å². The molecule has 1 fully saturated rings. The van der Waals surface area contributed by atoms with E-state index >= 15 is 0 Å². The van der Waals surface area contributed by atoms with Gasteiger partial charge in [-0.05, 0) is 24.4 Å². The molecule has 0 aromatic heterocycles. The van der Waals surface area contributed by atoms with Crippen LogP contribution in [0.1, 0.15) is 6.42 Å². The van der Waals surface area contributed by atoms with E-state index in [4.69, 9.17) is 14.7 Å². The highest BCUT2D eigenvalue weighted by Crippen LogP contribution is 2.26. The zero-order valence-corrected chi connectivity index (χ0v) is 8.35. The summed E-state index contributed by atoms with van der Waals surface area (Å²) in [5.74, 6) is 0. The third kappa shape index (κ3) is 18.1. The van der Waals surface area contributed by atoms with E-state index in [2.05, 4.69) is 21.4 Å². The van der Waals surface area contributed by atoms with Crippen molar-refractivity contribution in [2.45, 2.75) is 6.42 Å². The Hall–Kier alpha value is 0.880. The Morgan fingerprint density at radius 3 is 2.00 bits per heavy atom. The van der Waals surface area contributed by atoms with E-state index in [1.54, 1.807) is 0 Å². The first-order valence-corrected chi connectivity index (χ1v) is 6.57. The molecule has 0 spiro atoms. The summed E-state index contributed by atoms with van der Waals surface area (Å²) in [6.45, 7) is -3.02. The van der Waals surface area contributed by atoms with Crippen LogP contribution in [0.15, 0.2) is 0 Å². The molecule has 5 nitrogen and oxygen atoms in total. The molecule has 1 rings (SSSR count). The standard InChI is InChI=1S/C3H7O2P.H3O3PS/c1-2-4-5-6-3-1;1-4(2,3)5/h6H,1-3H2;(H3,1,2,3,5). The Bertz CT molecular complexity index is 112. The summed E-state index contributed by atoms with van der Waals surface area (Å²) >= 11 is 3.60. The monoisotopic (exact) mass is 220 g/mol. The quantitative estimate of drug-likeness (QED) is 0.397. The van der Waals surface area contributed by atoms with Gasteiger partial charge >= 0.3 is 6.72 Å². The van der Waals surface area contributed by atoms with Crippen LogP contribution in [0.25, 0.3) is 0 Å². The molecule has 0 aliphatic carbocycles. The fourth-order valence-electron chi connectivity index (χ4n) is 0.328. The van der Waals surface area contributed by atoms with E-state index in [-0.39, 0.29) is 0 Å². The molecule has 1 aliphatic heterocycles.